The van der Waals surface area contributed by atoms with Crippen LogP contribution in [0.5, 0.6) is 5.75 Å². The summed E-state index contributed by atoms with van der Waals surface area (Å²) in [4.78, 5) is 34.9. The van der Waals surface area contributed by atoms with Crippen LogP contribution in [-0.2, 0) is 17.6 Å². The Hall–Kier alpha value is -3.85. The molecule has 0 radical (unpaired) electrons. The Balaban J connectivity index is 1.36. The number of nitrogens with one attached hydrogen (secondary N) is 1. The van der Waals surface area contributed by atoms with Gasteiger partial charge in [-0.1, -0.05) is 35.9 Å². The van der Waals surface area contributed by atoms with Crippen molar-refractivity contribution in [2.75, 3.05) is 24.6 Å². The summed E-state index contributed by atoms with van der Waals surface area (Å²) in [5, 5.41) is 13.1. The second-order valence-corrected chi connectivity index (χ2v) is 11.1. The molecule has 40 heavy (non-hydrogen) atoms. The fraction of sp³-hybridized carbons (Fsp3) is 0.400. The molecule has 0 spiro atoms. The van der Waals surface area contributed by atoms with E-state index in [1.165, 1.54) is 6.20 Å². The summed E-state index contributed by atoms with van der Waals surface area (Å²) in [5.74, 6) is 0.176. The van der Waals surface area contributed by atoms with E-state index in [0.29, 0.717) is 48.4 Å². The average molecular weight is 567 g/mol. The van der Waals surface area contributed by atoms with Crippen molar-refractivity contribution in [2.24, 2.45) is 0 Å². The largest absolute Gasteiger partial charge is 0.492 e. The Morgan fingerprint density at radius 1 is 1.10 bits per heavy atom. The fourth-order valence-electron chi connectivity index (χ4n) is 4.60. The first-order chi connectivity index (χ1) is 19.1. The molecule has 0 bridgehead atoms. The van der Waals surface area contributed by atoms with Crippen LogP contribution in [0.3, 0.4) is 0 Å². The first-order valence-corrected chi connectivity index (χ1v) is 13.8. The van der Waals surface area contributed by atoms with Gasteiger partial charge in [-0.3, -0.25) is 0 Å². The van der Waals surface area contributed by atoms with Crippen molar-refractivity contribution in [1.82, 2.24) is 15.3 Å². The number of halogens is 1. The Morgan fingerprint density at radius 3 is 2.50 bits per heavy atom. The predicted molar refractivity (Wildman–Crippen MR) is 153 cm³/mol. The summed E-state index contributed by atoms with van der Waals surface area (Å²) < 4.78 is 10.9. The van der Waals surface area contributed by atoms with E-state index >= 15 is 0 Å². The van der Waals surface area contributed by atoms with Crippen molar-refractivity contribution in [2.45, 2.75) is 58.1 Å². The molecule has 1 aliphatic rings. The third-order valence-corrected chi connectivity index (χ3v) is 6.71. The van der Waals surface area contributed by atoms with Gasteiger partial charge in [0.2, 0.25) is 5.95 Å². The second kappa shape index (κ2) is 13.0. The van der Waals surface area contributed by atoms with Gasteiger partial charge in [-0.25, -0.2) is 19.6 Å². The van der Waals surface area contributed by atoms with Gasteiger partial charge in [0.15, 0.2) is 0 Å². The molecule has 3 aromatic rings. The molecule has 0 saturated carbocycles. The van der Waals surface area contributed by atoms with Crippen molar-refractivity contribution in [3.63, 3.8) is 0 Å². The first kappa shape index (κ1) is 29.1. The second-order valence-electron chi connectivity index (χ2n) is 10.7. The summed E-state index contributed by atoms with van der Waals surface area (Å²) in [6, 6.07) is 15.5. The lowest BCUT2D eigenvalue weighted by Crippen LogP contribution is -2.34. The van der Waals surface area contributed by atoms with Gasteiger partial charge in [0, 0.05) is 17.8 Å². The number of nitrogens with zero attached hydrogens (tertiary/aromatic N) is 3. The topological polar surface area (TPSA) is 114 Å². The van der Waals surface area contributed by atoms with Crippen LogP contribution in [0.15, 0.2) is 54.7 Å². The number of amides is 1. The Bertz CT molecular complexity index is 1310. The number of hydrogen-bond donors (Lipinski definition) is 2. The molecule has 1 aliphatic heterocycles. The third kappa shape index (κ3) is 8.08. The summed E-state index contributed by atoms with van der Waals surface area (Å²) in [6.45, 7) is 6.85. The van der Waals surface area contributed by atoms with E-state index in [-0.39, 0.29) is 11.6 Å². The van der Waals surface area contributed by atoms with E-state index < -0.39 is 17.7 Å². The standard InChI is InChI=1S/C30H35ClN4O5/c1-30(2,3)40-29(38)32-16-18-39-23-13-6-20(7-14-23)8-15-25-24(27(36)37)19-33-28(34-25)35-17-4-5-26(35)21-9-11-22(31)12-10-21/h6-7,9-14,19,26H,4-5,8,15-18H2,1-3H3,(H,32,38)(H,36,37)/t26-/m0/s1. The van der Waals surface area contributed by atoms with E-state index in [4.69, 9.17) is 26.1 Å². The molecule has 2 N–H and O–H groups in total. The monoisotopic (exact) mass is 566 g/mol. The molecule has 4 rings (SSSR count). The van der Waals surface area contributed by atoms with Crippen molar-refractivity contribution >= 4 is 29.6 Å². The van der Waals surface area contributed by atoms with Crippen molar-refractivity contribution in [3.05, 3.63) is 82.1 Å². The summed E-state index contributed by atoms with van der Waals surface area (Å²) in [6.07, 6.45) is 3.96. The number of carboxylic acids is 1. The average Bonchev–Trinajstić information content (AvgIpc) is 3.40. The molecule has 0 unspecified atom stereocenters. The van der Waals surface area contributed by atoms with Gasteiger partial charge >= 0.3 is 12.1 Å². The predicted octanol–water partition coefficient (Wildman–Crippen LogP) is 5.86. The lowest BCUT2D eigenvalue weighted by molar-refractivity contribution is 0.0519. The SMILES string of the molecule is CC(C)(C)OC(=O)NCCOc1ccc(CCc2nc(N3CCC[C@H]3c3ccc(Cl)cc3)ncc2C(=O)O)cc1. The van der Waals surface area contributed by atoms with E-state index in [9.17, 15) is 14.7 Å². The van der Waals surface area contributed by atoms with Crippen molar-refractivity contribution in [3.8, 4) is 5.75 Å². The molecule has 1 amide bonds. The van der Waals surface area contributed by atoms with Crippen LogP contribution in [0, 0.1) is 0 Å². The van der Waals surface area contributed by atoms with Gasteiger partial charge in [0.25, 0.3) is 0 Å². The lowest BCUT2D eigenvalue weighted by Gasteiger charge is -2.25. The van der Waals surface area contributed by atoms with Gasteiger partial charge < -0.3 is 24.8 Å². The summed E-state index contributed by atoms with van der Waals surface area (Å²) in [7, 11) is 0. The maximum Gasteiger partial charge on any atom is 0.407 e. The van der Waals surface area contributed by atoms with Gasteiger partial charge in [-0.05, 0) is 81.8 Å². The first-order valence-electron chi connectivity index (χ1n) is 13.4. The number of rotatable bonds is 10. The number of aromatic nitrogens is 2. The summed E-state index contributed by atoms with van der Waals surface area (Å²) in [5.41, 5.74) is 2.23. The minimum absolute atomic E-state index is 0.114. The zero-order valence-corrected chi connectivity index (χ0v) is 23.8. The highest BCUT2D eigenvalue weighted by Crippen LogP contribution is 2.35. The number of ether oxygens (including phenoxy) is 2. The minimum Gasteiger partial charge on any atom is -0.492 e. The Kier molecular flexibility index (Phi) is 9.47. The van der Waals surface area contributed by atoms with Crippen LogP contribution >= 0.6 is 11.6 Å². The number of aryl methyl sites for hydroxylation is 2. The van der Waals surface area contributed by atoms with Crippen LogP contribution in [0.2, 0.25) is 5.02 Å². The van der Waals surface area contributed by atoms with Crippen LogP contribution in [0.25, 0.3) is 0 Å². The number of benzene rings is 2. The normalized spacial score (nSPS) is 15.1. The van der Waals surface area contributed by atoms with Gasteiger partial charge in [-0.2, -0.15) is 0 Å². The smallest absolute Gasteiger partial charge is 0.407 e. The molecule has 212 valence electrons. The van der Waals surface area contributed by atoms with E-state index in [2.05, 4.69) is 15.2 Å². The van der Waals surface area contributed by atoms with Gasteiger partial charge in [-0.15, -0.1) is 0 Å². The quantitative estimate of drug-likeness (QED) is 0.293. The van der Waals surface area contributed by atoms with E-state index in [0.717, 1.165) is 30.5 Å². The number of anilines is 1. The zero-order chi connectivity index (χ0) is 28.7. The molecule has 9 nitrogen and oxygen atoms in total. The molecule has 1 aromatic heterocycles. The van der Waals surface area contributed by atoms with Gasteiger partial charge in [0.1, 0.15) is 18.0 Å². The number of hydrogen-bond acceptors (Lipinski definition) is 7. The van der Waals surface area contributed by atoms with Gasteiger partial charge in [0.05, 0.1) is 23.8 Å². The highest BCUT2D eigenvalue weighted by molar-refractivity contribution is 6.30. The molecular weight excluding hydrogens is 532 g/mol. The molecule has 10 heteroatoms. The Morgan fingerprint density at radius 2 is 1.82 bits per heavy atom. The maximum absolute atomic E-state index is 11.9. The Labute approximate surface area is 239 Å². The third-order valence-electron chi connectivity index (χ3n) is 6.46. The molecule has 2 heterocycles. The summed E-state index contributed by atoms with van der Waals surface area (Å²) >= 11 is 6.07. The van der Waals surface area contributed by atoms with Crippen LogP contribution in [0.1, 0.15) is 66.8 Å². The number of alkyl carbamates (subject to hydrolysis) is 1. The molecule has 1 fully saturated rings. The van der Waals surface area contributed by atoms with Crippen molar-refractivity contribution < 1.29 is 24.2 Å². The van der Waals surface area contributed by atoms with Crippen LogP contribution < -0.4 is 15.0 Å². The molecule has 1 atom stereocenters. The number of carbonyl (C=O) groups excluding carboxylic acids is 1. The van der Waals surface area contributed by atoms with Crippen molar-refractivity contribution in [1.29, 1.82) is 0 Å². The molecule has 2 aromatic carbocycles. The highest BCUT2D eigenvalue weighted by Gasteiger charge is 2.29. The van der Waals surface area contributed by atoms with E-state index in [1.807, 2.05) is 69.3 Å². The lowest BCUT2D eigenvalue weighted by atomic mass is 10.0. The number of aromatic carboxylic acids is 1. The molecule has 0 aliphatic carbocycles. The van der Waals surface area contributed by atoms with Crippen LogP contribution in [0.4, 0.5) is 10.7 Å². The van der Waals surface area contributed by atoms with Crippen LogP contribution in [-0.4, -0.2) is 52.4 Å². The minimum atomic E-state index is -1.04. The molecular formula is C30H35ClN4O5. The zero-order valence-electron chi connectivity index (χ0n) is 23.0. The fourth-order valence-corrected chi connectivity index (χ4v) is 4.73. The number of carboxylic acid groups (broad SMARTS) is 1. The highest BCUT2D eigenvalue weighted by atomic mass is 35.5. The van der Waals surface area contributed by atoms with E-state index in [1.54, 1.807) is 0 Å². The maximum atomic E-state index is 11.9. The molecule has 1 saturated heterocycles. The number of carbonyl (C=O) groups is 2.